The lowest BCUT2D eigenvalue weighted by Crippen LogP contribution is -2.42. The van der Waals surface area contributed by atoms with E-state index in [4.69, 9.17) is 4.74 Å². The molecular weight excluding hydrogens is 596 g/mol. The Morgan fingerprint density at radius 2 is 1.38 bits per heavy atom. The lowest BCUT2D eigenvalue weighted by Gasteiger charge is -2.40. The van der Waals surface area contributed by atoms with Gasteiger partial charge in [0.2, 0.25) is 5.60 Å². The number of carbonyl (C=O) groups excluding carboxylic acids is 1. The number of likely N-dealkylation sites (N-methyl/N-ethyl adjacent to an activating group) is 1. The van der Waals surface area contributed by atoms with E-state index in [1.807, 2.05) is 12.1 Å². The van der Waals surface area contributed by atoms with Crippen LogP contribution >= 0.6 is 0 Å². The molecule has 3 aromatic carbocycles. The number of ether oxygens (including phenoxy) is 1. The fourth-order valence-electron chi connectivity index (χ4n) is 7.99. The lowest BCUT2D eigenvalue weighted by atomic mass is 9.72. The van der Waals surface area contributed by atoms with E-state index >= 15 is 0 Å². The molecule has 2 bridgehead atoms. The van der Waals surface area contributed by atoms with E-state index in [0.717, 1.165) is 44.5 Å². The van der Waals surface area contributed by atoms with Gasteiger partial charge in [-0.15, -0.1) is 0 Å². The Kier molecular flexibility index (Phi) is 13.0. The van der Waals surface area contributed by atoms with Crippen molar-refractivity contribution in [3.8, 4) is 0 Å². The first-order valence-corrected chi connectivity index (χ1v) is 18.3. The highest BCUT2D eigenvalue weighted by atomic mass is 16.5. The Morgan fingerprint density at radius 3 is 1.88 bits per heavy atom. The summed E-state index contributed by atoms with van der Waals surface area (Å²) in [6.45, 7) is 10.5. The van der Waals surface area contributed by atoms with Gasteiger partial charge in [-0.05, 0) is 99.1 Å². The average molecular weight is 653 g/mol. The highest BCUT2D eigenvalue weighted by Crippen LogP contribution is 2.52. The van der Waals surface area contributed by atoms with E-state index in [2.05, 4.69) is 66.1 Å². The topological polar surface area (TPSA) is 73.2 Å². The number of esters is 1. The monoisotopic (exact) mass is 652 g/mol. The number of likely N-dealkylation sites (tertiary alicyclic amines) is 1. The van der Waals surface area contributed by atoms with Crippen molar-refractivity contribution in [2.75, 3.05) is 45.9 Å². The highest BCUT2D eigenvalue weighted by Gasteiger charge is 2.48. The average Bonchev–Trinajstić information content (AvgIpc) is 3.80. The van der Waals surface area contributed by atoms with Crippen molar-refractivity contribution < 1.29 is 19.7 Å². The summed E-state index contributed by atoms with van der Waals surface area (Å²) in [7, 11) is 0. The molecule has 6 rings (SSSR count). The van der Waals surface area contributed by atoms with Crippen molar-refractivity contribution in [3.63, 3.8) is 0 Å². The summed E-state index contributed by atoms with van der Waals surface area (Å²) in [5.74, 6) is 1.03. The van der Waals surface area contributed by atoms with Gasteiger partial charge in [-0.2, -0.15) is 0 Å². The number of hydrogen-bond donors (Lipinski definition) is 2. The largest absolute Gasteiger partial charge is 0.462 e. The molecule has 258 valence electrons. The van der Waals surface area contributed by atoms with Crippen LogP contribution < -0.4 is 0 Å². The molecule has 0 aromatic heterocycles. The van der Waals surface area contributed by atoms with E-state index in [9.17, 15) is 15.0 Å². The Bertz CT molecular complexity index is 1370. The van der Waals surface area contributed by atoms with Crippen molar-refractivity contribution in [1.29, 1.82) is 0 Å². The fourth-order valence-corrected chi connectivity index (χ4v) is 7.99. The lowest BCUT2D eigenvalue weighted by molar-refractivity contribution is -0.162. The number of aliphatic hydroxyl groups is 2. The number of fused-ring (bicyclic) bond motifs is 2. The van der Waals surface area contributed by atoms with Crippen molar-refractivity contribution in [1.82, 2.24) is 9.80 Å². The van der Waals surface area contributed by atoms with Gasteiger partial charge in [0.15, 0.2) is 0 Å². The summed E-state index contributed by atoms with van der Waals surface area (Å²) >= 11 is 0. The summed E-state index contributed by atoms with van der Waals surface area (Å²) in [6, 6.07) is 28.3. The van der Waals surface area contributed by atoms with Crippen LogP contribution in [0.5, 0.6) is 0 Å². The minimum absolute atomic E-state index is 0.259. The number of rotatable bonds is 14. The van der Waals surface area contributed by atoms with Crippen molar-refractivity contribution in [2.45, 2.75) is 70.0 Å². The predicted octanol–water partition coefficient (Wildman–Crippen LogP) is 7.16. The molecule has 1 aliphatic heterocycles. The van der Waals surface area contributed by atoms with Crippen LogP contribution in [0.2, 0.25) is 0 Å². The van der Waals surface area contributed by atoms with Gasteiger partial charge in [-0.1, -0.05) is 123 Å². The second-order valence-corrected chi connectivity index (χ2v) is 13.8. The van der Waals surface area contributed by atoms with Gasteiger partial charge in [-0.3, -0.25) is 0 Å². The molecule has 2 aliphatic carbocycles. The number of hydrogen-bond acceptors (Lipinski definition) is 6. The van der Waals surface area contributed by atoms with Gasteiger partial charge < -0.3 is 24.7 Å². The number of allylic oxidation sites excluding steroid dienone is 2. The quantitative estimate of drug-likeness (QED) is 0.142. The molecule has 0 amide bonds. The Labute approximate surface area is 288 Å². The molecule has 1 saturated heterocycles. The van der Waals surface area contributed by atoms with Gasteiger partial charge in [0.25, 0.3) is 0 Å². The Morgan fingerprint density at radius 1 is 0.792 bits per heavy atom. The van der Waals surface area contributed by atoms with Gasteiger partial charge in [0, 0.05) is 13.1 Å². The number of benzene rings is 3. The van der Waals surface area contributed by atoms with E-state index in [1.54, 1.807) is 48.5 Å². The molecule has 0 radical (unpaired) electrons. The SMILES string of the molecule is CCCN(CC)CCOC(=O)C(O)(c1ccccc1)c1ccccc1.OC(CCN1CCCCC1)(c1ccccc1)C1CC2C=CC1C2. The smallest absolute Gasteiger partial charge is 0.347 e. The maximum atomic E-state index is 12.8. The molecule has 0 spiro atoms. The molecular formula is C42H56N2O4. The van der Waals surface area contributed by atoms with Gasteiger partial charge in [-0.25, -0.2) is 4.79 Å². The molecule has 2 N–H and O–H groups in total. The fraction of sp³-hybridized carbons (Fsp3) is 0.500. The molecule has 1 saturated carbocycles. The highest BCUT2D eigenvalue weighted by molar-refractivity contribution is 5.85. The molecule has 1 heterocycles. The van der Waals surface area contributed by atoms with Gasteiger partial charge >= 0.3 is 5.97 Å². The first-order valence-electron chi connectivity index (χ1n) is 18.3. The van der Waals surface area contributed by atoms with Crippen LogP contribution in [0, 0.1) is 17.8 Å². The molecule has 48 heavy (non-hydrogen) atoms. The van der Waals surface area contributed by atoms with Gasteiger partial charge in [0.1, 0.15) is 6.61 Å². The summed E-state index contributed by atoms with van der Waals surface area (Å²) in [5.41, 5.74) is -0.324. The van der Waals surface area contributed by atoms with Crippen LogP contribution in [0.1, 0.15) is 75.5 Å². The van der Waals surface area contributed by atoms with Crippen LogP contribution in [-0.4, -0.2) is 71.9 Å². The summed E-state index contributed by atoms with van der Waals surface area (Å²) in [6.07, 6.45) is 13.1. The zero-order chi connectivity index (χ0) is 33.8. The standard InChI is InChI=1S/C21H27NO3.C21H29NO/c1-3-15-22(4-2)16-17-25-20(23)21(24,18-11-7-5-8-12-18)19-13-9-6-10-14-19;23-21(19-7-3-1-4-8-19,11-14-22-12-5-2-6-13-22)20-16-17-9-10-18(20)15-17/h5-14,24H,3-4,15-17H2,1-2H3;1,3-4,7-10,17-18,20,23H,2,5-6,11-16H2. The van der Waals surface area contributed by atoms with Gasteiger partial charge in [0.05, 0.1) is 5.60 Å². The van der Waals surface area contributed by atoms with E-state index in [0.29, 0.717) is 35.4 Å². The molecule has 6 nitrogen and oxygen atoms in total. The Balaban J connectivity index is 0.000000188. The zero-order valence-corrected chi connectivity index (χ0v) is 29.1. The van der Waals surface area contributed by atoms with Crippen molar-refractivity contribution in [2.24, 2.45) is 17.8 Å². The third kappa shape index (κ3) is 8.64. The second-order valence-electron chi connectivity index (χ2n) is 13.8. The normalized spacial score (nSPS) is 21.8. The Hall–Kier alpha value is -3.29. The summed E-state index contributed by atoms with van der Waals surface area (Å²) in [4.78, 5) is 17.6. The van der Waals surface area contributed by atoms with E-state index in [-0.39, 0.29) is 6.61 Å². The maximum absolute atomic E-state index is 12.8. The molecule has 3 aromatic rings. The van der Waals surface area contributed by atoms with Crippen molar-refractivity contribution in [3.05, 3.63) is 120 Å². The van der Waals surface area contributed by atoms with E-state index in [1.165, 1.54) is 38.8 Å². The number of piperidine rings is 1. The molecule has 6 heteroatoms. The first-order chi connectivity index (χ1) is 23.4. The second kappa shape index (κ2) is 17.4. The predicted molar refractivity (Wildman–Crippen MR) is 193 cm³/mol. The third-order valence-electron chi connectivity index (χ3n) is 10.7. The summed E-state index contributed by atoms with van der Waals surface area (Å²) in [5, 5.41) is 23.0. The molecule has 2 fully saturated rings. The minimum Gasteiger partial charge on any atom is -0.462 e. The maximum Gasteiger partial charge on any atom is 0.347 e. The van der Waals surface area contributed by atoms with Crippen LogP contribution in [-0.2, 0) is 20.7 Å². The van der Waals surface area contributed by atoms with E-state index < -0.39 is 17.2 Å². The molecule has 4 unspecified atom stereocenters. The van der Waals surface area contributed by atoms with Crippen LogP contribution in [0.4, 0.5) is 0 Å². The van der Waals surface area contributed by atoms with Crippen LogP contribution in [0.3, 0.4) is 0 Å². The molecule has 4 atom stereocenters. The first kappa shape index (κ1) is 36.0. The van der Waals surface area contributed by atoms with Crippen LogP contribution in [0.15, 0.2) is 103 Å². The van der Waals surface area contributed by atoms with Crippen LogP contribution in [0.25, 0.3) is 0 Å². The summed E-state index contributed by atoms with van der Waals surface area (Å²) < 4.78 is 5.46. The number of nitrogens with zero attached hydrogens (tertiary/aromatic N) is 2. The number of carbonyl (C=O) groups is 1. The minimum atomic E-state index is -1.80. The third-order valence-corrected chi connectivity index (χ3v) is 10.7. The zero-order valence-electron chi connectivity index (χ0n) is 29.1. The van der Waals surface area contributed by atoms with Crippen molar-refractivity contribution >= 4 is 5.97 Å². The molecule has 3 aliphatic rings.